The molecule has 0 saturated heterocycles. The first-order valence-electron chi connectivity index (χ1n) is 29.4. The van der Waals surface area contributed by atoms with E-state index < -0.39 is 12.1 Å². The van der Waals surface area contributed by atoms with Crippen LogP contribution in [-0.4, -0.2) is 47.4 Å². The highest BCUT2D eigenvalue weighted by Crippen LogP contribution is 2.17. The summed E-state index contributed by atoms with van der Waals surface area (Å²) < 4.78 is 5.48. The topological polar surface area (TPSA) is 95.9 Å². The van der Waals surface area contributed by atoms with Gasteiger partial charge >= 0.3 is 5.97 Å². The van der Waals surface area contributed by atoms with Crippen LogP contribution in [0.2, 0.25) is 0 Å². The van der Waals surface area contributed by atoms with Crippen LogP contribution in [0.3, 0.4) is 0 Å². The van der Waals surface area contributed by atoms with Crippen molar-refractivity contribution in [3.05, 3.63) is 12.2 Å². The number of amides is 1. The number of esters is 1. The molecule has 0 spiro atoms. The Morgan fingerprint density at radius 3 is 1.09 bits per heavy atom. The quantitative estimate of drug-likeness (QED) is 0.0321. The Morgan fingerprint density at radius 1 is 0.415 bits per heavy atom. The van der Waals surface area contributed by atoms with E-state index in [1.165, 1.54) is 244 Å². The molecular formula is C59H115NO5. The summed E-state index contributed by atoms with van der Waals surface area (Å²) in [6, 6.07) is -0.549. The van der Waals surface area contributed by atoms with Crippen molar-refractivity contribution in [2.75, 3.05) is 13.2 Å². The molecule has 0 aliphatic carbocycles. The van der Waals surface area contributed by atoms with Crippen molar-refractivity contribution in [2.45, 2.75) is 341 Å². The van der Waals surface area contributed by atoms with Gasteiger partial charge < -0.3 is 20.3 Å². The Bertz CT molecular complexity index is 970. The third kappa shape index (κ3) is 51.8. The molecule has 65 heavy (non-hydrogen) atoms. The van der Waals surface area contributed by atoms with Crippen molar-refractivity contribution in [3.8, 4) is 0 Å². The first-order valence-corrected chi connectivity index (χ1v) is 29.4. The fourth-order valence-corrected chi connectivity index (χ4v) is 9.28. The van der Waals surface area contributed by atoms with Gasteiger partial charge in [-0.25, -0.2) is 0 Å². The molecule has 1 amide bonds. The fourth-order valence-electron chi connectivity index (χ4n) is 9.28. The monoisotopic (exact) mass is 918 g/mol. The smallest absolute Gasteiger partial charge is 0.305 e. The molecule has 0 bridgehead atoms. The molecule has 0 aliphatic heterocycles. The summed E-state index contributed by atoms with van der Waals surface area (Å²) in [5.41, 5.74) is 0. The summed E-state index contributed by atoms with van der Waals surface area (Å²) in [6.07, 6.45) is 64.9. The molecule has 6 heteroatoms. The molecule has 0 aromatic rings. The number of allylic oxidation sites excluding steroid dienone is 2. The minimum absolute atomic E-state index is 0.00270. The number of carbonyl (C=O) groups is 2. The van der Waals surface area contributed by atoms with Gasteiger partial charge in [0.05, 0.1) is 25.4 Å². The molecule has 0 aromatic heterocycles. The minimum Gasteiger partial charge on any atom is -0.466 e. The molecule has 0 rings (SSSR count). The second-order valence-electron chi connectivity index (χ2n) is 20.3. The Balaban J connectivity index is 3.42. The van der Waals surface area contributed by atoms with Crippen LogP contribution < -0.4 is 5.32 Å². The number of rotatable bonds is 55. The van der Waals surface area contributed by atoms with E-state index in [1.54, 1.807) is 0 Å². The number of ether oxygens (including phenoxy) is 1. The number of aliphatic hydroxyl groups excluding tert-OH is 2. The highest BCUT2D eigenvalue weighted by atomic mass is 16.5. The number of carbonyl (C=O) groups excluding carboxylic acids is 2. The molecule has 2 unspecified atom stereocenters. The number of unbranched alkanes of at least 4 members (excludes halogenated alkanes) is 42. The summed E-state index contributed by atoms with van der Waals surface area (Å²) in [6.45, 7) is 4.95. The maximum Gasteiger partial charge on any atom is 0.305 e. The van der Waals surface area contributed by atoms with E-state index in [-0.39, 0.29) is 18.5 Å². The molecule has 0 aromatic carbocycles. The van der Waals surface area contributed by atoms with E-state index in [2.05, 4.69) is 31.3 Å². The van der Waals surface area contributed by atoms with Gasteiger partial charge in [-0.2, -0.15) is 0 Å². The average molecular weight is 919 g/mol. The highest BCUT2D eigenvalue weighted by molar-refractivity contribution is 5.76. The van der Waals surface area contributed by atoms with Crippen molar-refractivity contribution in [1.29, 1.82) is 0 Å². The van der Waals surface area contributed by atoms with Crippen LogP contribution in [0.25, 0.3) is 0 Å². The van der Waals surface area contributed by atoms with Gasteiger partial charge in [0.15, 0.2) is 0 Å². The maximum atomic E-state index is 12.5. The summed E-state index contributed by atoms with van der Waals surface area (Å²) in [5, 5.41) is 23.2. The van der Waals surface area contributed by atoms with Crippen molar-refractivity contribution < 1.29 is 24.5 Å². The maximum absolute atomic E-state index is 12.5. The summed E-state index contributed by atoms with van der Waals surface area (Å²) in [4.78, 5) is 24.5. The average Bonchev–Trinajstić information content (AvgIpc) is 3.31. The molecule has 6 nitrogen and oxygen atoms in total. The second kappa shape index (κ2) is 55.2. The third-order valence-electron chi connectivity index (χ3n) is 13.8. The molecule has 0 saturated carbocycles. The molecule has 3 N–H and O–H groups in total. The lowest BCUT2D eigenvalue weighted by molar-refractivity contribution is -0.143. The molecule has 386 valence electrons. The zero-order valence-corrected chi connectivity index (χ0v) is 44.0. The van der Waals surface area contributed by atoms with Crippen molar-refractivity contribution in [1.82, 2.24) is 5.32 Å². The summed E-state index contributed by atoms with van der Waals surface area (Å²) >= 11 is 0. The largest absolute Gasteiger partial charge is 0.466 e. The molecule has 0 aliphatic rings. The number of hydrogen-bond donors (Lipinski definition) is 3. The van der Waals surface area contributed by atoms with E-state index in [4.69, 9.17) is 4.74 Å². The van der Waals surface area contributed by atoms with Crippen LogP contribution >= 0.6 is 0 Å². The van der Waals surface area contributed by atoms with Crippen molar-refractivity contribution in [2.24, 2.45) is 0 Å². The zero-order chi connectivity index (χ0) is 47.2. The van der Waals surface area contributed by atoms with Crippen LogP contribution in [0.15, 0.2) is 12.2 Å². The summed E-state index contributed by atoms with van der Waals surface area (Å²) in [7, 11) is 0. The first kappa shape index (κ1) is 63.6. The molecule has 0 heterocycles. The lowest BCUT2D eigenvalue weighted by atomic mass is 10.0. The van der Waals surface area contributed by atoms with Gasteiger partial charge in [-0.1, -0.05) is 276 Å². The fraction of sp³-hybridized carbons (Fsp3) is 0.932. The van der Waals surface area contributed by atoms with E-state index in [0.717, 1.165) is 51.4 Å². The Kier molecular flexibility index (Phi) is 54.0. The number of hydrogen-bond acceptors (Lipinski definition) is 5. The van der Waals surface area contributed by atoms with Crippen LogP contribution in [0.4, 0.5) is 0 Å². The van der Waals surface area contributed by atoms with Gasteiger partial charge in [0, 0.05) is 12.8 Å². The number of aliphatic hydroxyl groups is 2. The van der Waals surface area contributed by atoms with Gasteiger partial charge in [0.25, 0.3) is 0 Å². The third-order valence-corrected chi connectivity index (χ3v) is 13.8. The van der Waals surface area contributed by atoms with Gasteiger partial charge in [0.2, 0.25) is 5.91 Å². The van der Waals surface area contributed by atoms with Crippen molar-refractivity contribution in [3.63, 3.8) is 0 Å². The van der Waals surface area contributed by atoms with Crippen LogP contribution in [-0.2, 0) is 14.3 Å². The Hall–Kier alpha value is -1.40. The second-order valence-corrected chi connectivity index (χ2v) is 20.3. The van der Waals surface area contributed by atoms with Crippen molar-refractivity contribution >= 4 is 11.9 Å². The number of nitrogens with one attached hydrogen (secondary N) is 1. The predicted octanol–water partition coefficient (Wildman–Crippen LogP) is 18.1. The SMILES string of the molecule is CCCCCCCCCCCCCCCCCCCC(=O)OCCCCCCCC/C=C\CCCCCCCCCC(=O)NC(CO)C(O)CCCCCCCCCCCCCCCC. The lowest BCUT2D eigenvalue weighted by Crippen LogP contribution is -2.45. The molecule has 2 atom stereocenters. The molecule has 0 radical (unpaired) electrons. The van der Waals surface area contributed by atoms with E-state index in [1.807, 2.05) is 0 Å². The van der Waals surface area contributed by atoms with Crippen LogP contribution in [0.1, 0.15) is 328 Å². The Labute approximate surface area is 406 Å². The van der Waals surface area contributed by atoms with Gasteiger partial charge in [0.1, 0.15) is 0 Å². The standard InChI is InChI=1S/C59H115NO5/c1-3-5-7-9-11-13-15-17-19-21-25-29-33-37-41-45-49-53-59(64)65-54-50-46-42-38-34-30-26-23-20-22-24-28-32-36-40-44-48-52-58(63)60-56(55-61)57(62)51-47-43-39-35-31-27-18-16-14-12-10-8-6-4-2/h20,23,56-57,61-62H,3-19,21-22,24-55H2,1-2H3,(H,60,63)/b23-20-. The normalized spacial score (nSPS) is 12.6. The van der Waals surface area contributed by atoms with Gasteiger partial charge in [-0.15, -0.1) is 0 Å². The zero-order valence-electron chi connectivity index (χ0n) is 44.0. The summed E-state index contributed by atoms with van der Waals surface area (Å²) in [5.74, 6) is -0.0426. The molecular weight excluding hydrogens is 803 g/mol. The Morgan fingerprint density at radius 2 is 0.723 bits per heavy atom. The van der Waals surface area contributed by atoms with E-state index in [9.17, 15) is 19.8 Å². The van der Waals surface area contributed by atoms with E-state index in [0.29, 0.717) is 25.9 Å². The first-order chi connectivity index (χ1) is 32.0. The molecule has 0 fully saturated rings. The van der Waals surface area contributed by atoms with Gasteiger partial charge in [-0.05, 0) is 51.4 Å². The highest BCUT2D eigenvalue weighted by Gasteiger charge is 2.20. The van der Waals surface area contributed by atoms with Crippen LogP contribution in [0, 0.1) is 0 Å². The predicted molar refractivity (Wildman–Crippen MR) is 283 cm³/mol. The lowest BCUT2D eigenvalue weighted by Gasteiger charge is -2.22. The van der Waals surface area contributed by atoms with E-state index >= 15 is 0 Å². The van der Waals surface area contributed by atoms with Crippen LogP contribution in [0.5, 0.6) is 0 Å². The minimum atomic E-state index is -0.671. The van der Waals surface area contributed by atoms with Gasteiger partial charge in [-0.3, -0.25) is 9.59 Å².